The SMILES string of the molecule is CC(C)C(O)c1ccc(OC(=O)N(C)C(C)C)cc1. The number of benzene rings is 1. The Hall–Kier alpha value is -1.55. The van der Waals surface area contributed by atoms with Crippen LogP contribution in [0, 0.1) is 5.92 Å². The molecule has 106 valence electrons. The molecule has 1 atom stereocenters. The number of nitrogens with zero attached hydrogens (tertiary/aromatic N) is 1. The first-order chi connectivity index (χ1) is 8.82. The summed E-state index contributed by atoms with van der Waals surface area (Å²) in [5.74, 6) is 0.637. The Balaban J connectivity index is 2.70. The van der Waals surface area contributed by atoms with Crippen molar-refractivity contribution in [1.29, 1.82) is 0 Å². The molecule has 0 fully saturated rings. The van der Waals surface area contributed by atoms with Gasteiger partial charge in [-0.05, 0) is 37.5 Å². The zero-order chi connectivity index (χ0) is 14.6. The summed E-state index contributed by atoms with van der Waals surface area (Å²) in [5.41, 5.74) is 0.826. The normalized spacial score (nSPS) is 12.6. The largest absolute Gasteiger partial charge is 0.415 e. The van der Waals surface area contributed by atoms with Crippen molar-refractivity contribution in [1.82, 2.24) is 4.90 Å². The van der Waals surface area contributed by atoms with E-state index in [-0.39, 0.29) is 18.1 Å². The van der Waals surface area contributed by atoms with Crippen LogP contribution >= 0.6 is 0 Å². The summed E-state index contributed by atoms with van der Waals surface area (Å²) >= 11 is 0. The van der Waals surface area contributed by atoms with Crippen LogP contribution in [0.2, 0.25) is 0 Å². The maximum absolute atomic E-state index is 11.7. The Morgan fingerprint density at radius 2 is 1.68 bits per heavy atom. The van der Waals surface area contributed by atoms with Gasteiger partial charge in [0.25, 0.3) is 0 Å². The number of rotatable bonds is 4. The van der Waals surface area contributed by atoms with Gasteiger partial charge in [-0.2, -0.15) is 0 Å². The Bertz CT molecular complexity index is 412. The van der Waals surface area contributed by atoms with Crippen LogP contribution in [0.4, 0.5) is 4.79 Å². The van der Waals surface area contributed by atoms with Crippen LogP contribution in [-0.2, 0) is 0 Å². The highest BCUT2D eigenvalue weighted by Gasteiger charge is 2.15. The van der Waals surface area contributed by atoms with Crippen molar-refractivity contribution in [2.24, 2.45) is 5.92 Å². The summed E-state index contributed by atoms with van der Waals surface area (Å²) in [6, 6.07) is 7.06. The molecule has 4 heteroatoms. The molecule has 1 rings (SSSR count). The fourth-order valence-electron chi connectivity index (χ4n) is 1.50. The number of carbonyl (C=O) groups excluding carboxylic acids is 1. The summed E-state index contributed by atoms with van der Waals surface area (Å²) in [7, 11) is 1.70. The number of amides is 1. The van der Waals surface area contributed by atoms with Crippen molar-refractivity contribution >= 4 is 6.09 Å². The van der Waals surface area contributed by atoms with Gasteiger partial charge in [0.05, 0.1) is 6.10 Å². The Morgan fingerprint density at radius 1 is 1.16 bits per heavy atom. The minimum atomic E-state index is -0.497. The third-order valence-corrected chi connectivity index (χ3v) is 3.12. The summed E-state index contributed by atoms with van der Waals surface area (Å²) < 4.78 is 5.24. The van der Waals surface area contributed by atoms with E-state index in [1.54, 1.807) is 31.3 Å². The fraction of sp³-hybridized carbons (Fsp3) is 0.533. The second-order valence-electron chi connectivity index (χ2n) is 5.33. The minimum Gasteiger partial charge on any atom is -0.410 e. The first kappa shape index (κ1) is 15.5. The van der Waals surface area contributed by atoms with E-state index in [4.69, 9.17) is 4.74 Å². The minimum absolute atomic E-state index is 0.0922. The van der Waals surface area contributed by atoms with E-state index in [9.17, 15) is 9.90 Å². The van der Waals surface area contributed by atoms with Gasteiger partial charge in [-0.15, -0.1) is 0 Å². The third kappa shape index (κ3) is 4.24. The van der Waals surface area contributed by atoms with E-state index >= 15 is 0 Å². The number of ether oxygens (including phenoxy) is 1. The van der Waals surface area contributed by atoms with Gasteiger partial charge in [0.2, 0.25) is 0 Å². The van der Waals surface area contributed by atoms with Crippen molar-refractivity contribution in [2.75, 3.05) is 7.05 Å². The number of aliphatic hydroxyl groups excluding tert-OH is 1. The molecular weight excluding hydrogens is 242 g/mol. The first-order valence-electron chi connectivity index (χ1n) is 6.55. The maximum atomic E-state index is 11.7. The monoisotopic (exact) mass is 265 g/mol. The van der Waals surface area contributed by atoms with Gasteiger partial charge in [0.15, 0.2) is 0 Å². The number of hydrogen-bond acceptors (Lipinski definition) is 3. The molecule has 0 aromatic heterocycles. The van der Waals surface area contributed by atoms with Gasteiger partial charge in [0.1, 0.15) is 5.75 Å². The summed E-state index contributed by atoms with van der Waals surface area (Å²) in [6.07, 6.45) is -0.879. The molecule has 0 bridgehead atoms. The number of hydrogen-bond donors (Lipinski definition) is 1. The van der Waals surface area contributed by atoms with Gasteiger partial charge < -0.3 is 14.7 Å². The Kier molecular flexibility index (Phi) is 5.36. The van der Waals surface area contributed by atoms with Crippen LogP contribution in [0.15, 0.2) is 24.3 Å². The molecule has 0 spiro atoms. The maximum Gasteiger partial charge on any atom is 0.415 e. The lowest BCUT2D eigenvalue weighted by Gasteiger charge is -2.20. The quantitative estimate of drug-likeness (QED) is 0.909. The molecule has 1 unspecified atom stereocenters. The zero-order valence-electron chi connectivity index (χ0n) is 12.3. The van der Waals surface area contributed by atoms with Crippen molar-refractivity contribution in [3.8, 4) is 5.75 Å². The average molecular weight is 265 g/mol. The molecule has 1 amide bonds. The lowest BCUT2D eigenvalue weighted by Crippen LogP contribution is -2.35. The van der Waals surface area contributed by atoms with Gasteiger partial charge in [-0.25, -0.2) is 4.79 Å². The van der Waals surface area contributed by atoms with Gasteiger partial charge in [-0.3, -0.25) is 0 Å². The van der Waals surface area contributed by atoms with Gasteiger partial charge >= 0.3 is 6.09 Å². The van der Waals surface area contributed by atoms with E-state index in [1.165, 1.54) is 4.90 Å². The first-order valence-corrected chi connectivity index (χ1v) is 6.55. The molecule has 0 aliphatic rings. The smallest absolute Gasteiger partial charge is 0.410 e. The van der Waals surface area contributed by atoms with Crippen molar-refractivity contribution in [3.63, 3.8) is 0 Å². The van der Waals surface area contributed by atoms with Crippen LogP contribution in [0.3, 0.4) is 0 Å². The Labute approximate surface area is 115 Å². The number of carbonyl (C=O) groups is 1. The molecule has 0 saturated heterocycles. The highest BCUT2D eigenvalue weighted by molar-refractivity contribution is 5.70. The molecule has 0 radical (unpaired) electrons. The molecule has 0 heterocycles. The lowest BCUT2D eigenvalue weighted by atomic mass is 9.99. The van der Waals surface area contributed by atoms with Crippen molar-refractivity contribution in [3.05, 3.63) is 29.8 Å². The Morgan fingerprint density at radius 3 is 2.11 bits per heavy atom. The van der Waals surface area contributed by atoms with E-state index in [2.05, 4.69) is 0 Å². The molecule has 1 aromatic rings. The molecule has 19 heavy (non-hydrogen) atoms. The van der Waals surface area contributed by atoms with Crippen LogP contribution in [0.25, 0.3) is 0 Å². The van der Waals surface area contributed by atoms with Crippen LogP contribution in [0.5, 0.6) is 5.75 Å². The predicted molar refractivity (Wildman–Crippen MR) is 75.2 cm³/mol. The summed E-state index contributed by atoms with van der Waals surface area (Å²) in [6.45, 7) is 7.75. The summed E-state index contributed by atoms with van der Waals surface area (Å²) in [4.78, 5) is 13.3. The molecular formula is C15H23NO3. The molecule has 0 saturated carbocycles. The molecule has 4 nitrogen and oxygen atoms in total. The lowest BCUT2D eigenvalue weighted by molar-refractivity contribution is 0.127. The zero-order valence-corrected chi connectivity index (χ0v) is 12.3. The van der Waals surface area contributed by atoms with Crippen LogP contribution in [-0.4, -0.2) is 29.2 Å². The standard InChI is InChI=1S/C15H23NO3/c1-10(2)14(17)12-6-8-13(9-7-12)19-15(18)16(5)11(3)4/h6-11,14,17H,1-5H3. The van der Waals surface area contributed by atoms with Crippen LogP contribution in [0.1, 0.15) is 39.4 Å². The molecule has 0 aliphatic carbocycles. The third-order valence-electron chi connectivity index (χ3n) is 3.12. The van der Waals surface area contributed by atoms with Crippen molar-refractivity contribution < 1.29 is 14.6 Å². The molecule has 0 aliphatic heterocycles. The fourth-order valence-corrected chi connectivity index (χ4v) is 1.50. The predicted octanol–water partition coefficient (Wildman–Crippen LogP) is 3.22. The van der Waals surface area contributed by atoms with Crippen LogP contribution < -0.4 is 4.74 Å². The van der Waals surface area contributed by atoms with E-state index in [1.807, 2.05) is 27.7 Å². The molecule has 1 aromatic carbocycles. The van der Waals surface area contributed by atoms with Gasteiger partial charge in [0, 0.05) is 13.1 Å². The topological polar surface area (TPSA) is 49.8 Å². The summed E-state index contributed by atoms with van der Waals surface area (Å²) in [5, 5.41) is 9.92. The van der Waals surface area contributed by atoms with Gasteiger partial charge in [-0.1, -0.05) is 26.0 Å². The second kappa shape index (κ2) is 6.57. The van der Waals surface area contributed by atoms with E-state index < -0.39 is 6.10 Å². The van der Waals surface area contributed by atoms with E-state index in [0.717, 1.165) is 5.56 Å². The average Bonchev–Trinajstić information content (AvgIpc) is 2.37. The molecule has 1 N–H and O–H groups in total. The highest BCUT2D eigenvalue weighted by Crippen LogP contribution is 2.23. The van der Waals surface area contributed by atoms with E-state index in [0.29, 0.717) is 5.75 Å². The highest BCUT2D eigenvalue weighted by atomic mass is 16.6. The number of aliphatic hydroxyl groups is 1. The second-order valence-corrected chi connectivity index (χ2v) is 5.33. The van der Waals surface area contributed by atoms with Crippen molar-refractivity contribution in [2.45, 2.75) is 39.8 Å².